The fraction of sp³-hybridized carbons (Fsp3) is 0.600. The molecule has 2 nitrogen and oxygen atoms in total. The Morgan fingerprint density at radius 1 is 1.29 bits per heavy atom. The van der Waals surface area contributed by atoms with E-state index in [1.165, 1.54) is 43.5 Å². The van der Waals surface area contributed by atoms with Crippen LogP contribution in [0.4, 0.5) is 5.69 Å². The van der Waals surface area contributed by atoms with Crippen molar-refractivity contribution in [3.8, 4) is 0 Å². The number of anilines is 1. The molecule has 0 aromatic heterocycles. The maximum atomic E-state index is 3.61. The summed E-state index contributed by atoms with van der Waals surface area (Å²) >= 11 is 0. The number of nitrogens with one attached hydrogen (secondary N) is 1. The molecule has 0 spiro atoms. The average Bonchev–Trinajstić information content (AvgIpc) is 2.71. The summed E-state index contributed by atoms with van der Waals surface area (Å²) in [5, 5.41) is 3.61. The Morgan fingerprint density at radius 3 is 2.88 bits per heavy atom. The Hall–Kier alpha value is -1.02. The van der Waals surface area contributed by atoms with Crippen LogP contribution in [0.25, 0.3) is 0 Å². The van der Waals surface area contributed by atoms with Crippen LogP contribution in [0.2, 0.25) is 0 Å². The number of hydrogen-bond acceptors (Lipinski definition) is 2. The van der Waals surface area contributed by atoms with Crippen LogP contribution in [-0.4, -0.2) is 31.1 Å². The second kappa shape index (κ2) is 6.06. The lowest BCUT2D eigenvalue weighted by Crippen LogP contribution is -2.33. The predicted octanol–water partition coefficient (Wildman–Crippen LogP) is 3.15. The smallest absolute Gasteiger partial charge is 0.0429 e. The monoisotopic (exact) mass is 232 g/mol. The number of para-hydroxylation sites is 1. The van der Waals surface area contributed by atoms with Gasteiger partial charge in [-0.25, -0.2) is 0 Å². The number of nitrogens with zero attached hydrogens (tertiary/aromatic N) is 1. The number of likely N-dealkylation sites (N-methyl/N-ethyl adjacent to an activating group) is 1. The summed E-state index contributed by atoms with van der Waals surface area (Å²) < 4.78 is 0. The molecular weight excluding hydrogens is 208 g/mol. The summed E-state index contributed by atoms with van der Waals surface area (Å²) in [6.07, 6.45) is 5.16. The molecular formula is C15H24N2. The largest absolute Gasteiger partial charge is 0.380 e. The lowest BCUT2D eigenvalue weighted by atomic mass is 10.1. The van der Waals surface area contributed by atoms with Gasteiger partial charge in [0.05, 0.1) is 0 Å². The molecule has 1 heterocycles. The van der Waals surface area contributed by atoms with Gasteiger partial charge in [-0.05, 0) is 38.1 Å². The molecule has 94 valence electrons. The van der Waals surface area contributed by atoms with Gasteiger partial charge < -0.3 is 10.2 Å². The van der Waals surface area contributed by atoms with E-state index in [0.717, 1.165) is 6.54 Å². The van der Waals surface area contributed by atoms with Crippen LogP contribution < -0.4 is 5.32 Å². The number of rotatable bonds is 6. The molecule has 0 saturated carbocycles. The maximum absolute atomic E-state index is 3.61. The van der Waals surface area contributed by atoms with Gasteiger partial charge >= 0.3 is 0 Å². The van der Waals surface area contributed by atoms with Crippen molar-refractivity contribution in [2.45, 2.75) is 38.6 Å². The molecule has 17 heavy (non-hydrogen) atoms. The highest BCUT2D eigenvalue weighted by atomic mass is 15.1. The summed E-state index contributed by atoms with van der Waals surface area (Å²) in [5.41, 5.74) is 2.80. The summed E-state index contributed by atoms with van der Waals surface area (Å²) in [5.74, 6) is 0. The second-order valence-corrected chi connectivity index (χ2v) is 5.17. The van der Waals surface area contributed by atoms with Crippen LogP contribution in [0.15, 0.2) is 24.3 Å². The highest BCUT2D eigenvalue weighted by Gasteiger charge is 2.20. The molecule has 1 aliphatic rings. The molecule has 0 bridgehead atoms. The molecule has 0 fully saturated rings. The minimum absolute atomic E-state index is 0.596. The molecule has 1 aliphatic heterocycles. The third kappa shape index (κ3) is 3.47. The third-order valence-corrected chi connectivity index (χ3v) is 3.52. The summed E-state index contributed by atoms with van der Waals surface area (Å²) in [6, 6.07) is 9.26. The lowest BCUT2D eigenvalue weighted by molar-refractivity contribution is 0.312. The van der Waals surface area contributed by atoms with Crippen molar-refractivity contribution in [1.29, 1.82) is 0 Å². The Labute approximate surface area is 105 Å². The number of hydrogen-bond donors (Lipinski definition) is 1. The first-order valence-electron chi connectivity index (χ1n) is 6.82. The van der Waals surface area contributed by atoms with Crippen molar-refractivity contribution in [1.82, 2.24) is 4.90 Å². The van der Waals surface area contributed by atoms with Crippen molar-refractivity contribution in [3.63, 3.8) is 0 Å². The Kier molecular flexibility index (Phi) is 4.43. The van der Waals surface area contributed by atoms with Crippen LogP contribution >= 0.6 is 0 Å². The van der Waals surface area contributed by atoms with Crippen LogP contribution in [0, 0.1) is 0 Å². The highest BCUT2D eigenvalue weighted by molar-refractivity contribution is 5.56. The van der Waals surface area contributed by atoms with E-state index < -0.39 is 0 Å². The van der Waals surface area contributed by atoms with Gasteiger partial charge in [0, 0.05) is 18.3 Å². The number of unbranched alkanes of at least 4 members (excludes halogenated alkanes) is 2. The molecule has 0 aliphatic carbocycles. The second-order valence-electron chi connectivity index (χ2n) is 5.17. The normalized spacial score (nSPS) is 18.2. The first-order chi connectivity index (χ1) is 8.29. The van der Waals surface area contributed by atoms with Gasteiger partial charge in [0.15, 0.2) is 0 Å². The van der Waals surface area contributed by atoms with Crippen LogP contribution in [0.1, 0.15) is 31.7 Å². The van der Waals surface area contributed by atoms with Crippen molar-refractivity contribution in [2.24, 2.45) is 0 Å². The standard InChI is InChI=1S/C15H24N2/c1-3-4-7-10-17(2)12-14-11-13-8-5-6-9-15(13)16-14/h5-6,8-9,14,16H,3-4,7,10-12H2,1-2H3. The number of benzene rings is 1. The molecule has 2 heteroatoms. The predicted molar refractivity (Wildman–Crippen MR) is 74.6 cm³/mol. The van der Waals surface area contributed by atoms with Gasteiger partial charge in [-0.2, -0.15) is 0 Å². The highest BCUT2D eigenvalue weighted by Crippen LogP contribution is 2.25. The van der Waals surface area contributed by atoms with Crippen molar-refractivity contribution in [2.75, 3.05) is 25.5 Å². The van der Waals surface area contributed by atoms with Gasteiger partial charge in [0.25, 0.3) is 0 Å². The van der Waals surface area contributed by atoms with E-state index in [1.54, 1.807) is 0 Å². The molecule has 1 atom stereocenters. The van der Waals surface area contributed by atoms with Gasteiger partial charge in [-0.3, -0.25) is 0 Å². The summed E-state index contributed by atoms with van der Waals surface area (Å²) in [7, 11) is 2.24. The first-order valence-corrected chi connectivity index (χ1v) is 6.82. The third-order valence-electron chi connectivity index (χ3n) is 3.52. The fourth-order valence-electron chi connectivity index (χ4n) is 2.58. The van der Waals surface area contributed by atoms with Gasteiger partial charge in [-0.1, -0.05) is 38.0 Å². The first kappa shape index (κ1) is 12.4. The summed E-state index contributed by atoms with van der Waals surface area (Å²) in [4.78, 5) is 2.46. The Balaban J connectivity index is 1.75. The molecule has 1 aromatic carbocycles. The quantitative estimate of drug-likeness (QED) is 0.758. The van der Waals surface area contributed by atoms with Gasteiger partial charge in [0.1, 0.15) is 0 Å². The molecule has 0 saturated heterocycles. The molecule has 1 aromatic rings. The molecule has 0 radical (unpaired) electrons. The topological polar surface area (TPSA) is 15.3 Å². The Morgan fingerprint density at radius 2 is 2.12 bits per heavy atom. The molecule has 2 rings (SSSR count). The fourth-order valence-corrected chi connectivity index (χ4v) is 2.58. The van der Waals surface area contributed by atoms with E-state index >= 15 is 0 Å². The van der Waals surface area contributed by atoms with Crippen LogP contribution in [0.3, 0.4) is 0 Å². The molecule has 1 N–H and O–H groups in total. The molecule has 1 unspecified atom stereocenters. The van der Waals surface area contributed by atoms with Crippen LogP contribution in [-0.2, 0) is 6.42 Å². The molecule has 0 amide bonds. The zero-order valence-corrected chi connectivity index (χ0v) is 11.1. The van der Waals surface area contributed by atoms with Gasteiger partial charge in [0.2, 0.25) is 0 Å². The Bertz CT molecular complexity index is 324. The van der Waals surface area contributed by atoms with E-state index in [2.05, 4.69) is 48.5 Å². The van der Waals surface area contributed by atoms with E-state index in [1.807, 2.05) is 0 Å². The van der Waals surface area contributed by atoms with Crippen molar-refractivity contribution >= 4 is 5.69 Å². The minimum Gasteiger partial charge on any atom is -0.380 e. The van der Waals surface area contributed by atoms with E-state index in [-0.39, 0.29) is 0 Å². The van der Waals surface area contributed by atoms with Crippen molar-refractivity contribution in [3.05, 3.63) is 29.8 Å². The summed E-state index contributed by atoms with van der Waals surface area (Å²) in [6.45, 7) is 4.63. The zero-order chi connectivity index (χ0) is 12.1. The van der Waals surface area contributed by atoms with E-state index in [9.17, 15) is 0 Å². The average molecular weight is 232 g/mol. The number of fused-ring (bicyclic) bond motifs is 1. The zero-order valence-electron chi connectivity index (χ0n) is 11.1. The van der Waals surface area contributed by atoms with Crippen LogP contribution in [0.5, 0.6) is 0 Å². The van der Waals surface area contributed by atoms with E-state index in [0.29, 0.717) is 6.04 Å². The SMILES string of the molecule is CCCCCN(C)CC1Cc2ccccc2N1. The maximum Gasteiger partial charge on any atom is 0.0429 e. The van der Waals surface area contributed by atoms with Gasteiger partial charge in [-0.15, -0.1) is 0 Å². The lowest BCUT2D eigenvalue weighted by Gasteiger charge is -2.21. The van der Waals surface area contributed by atoms with E-state index in [4.69, 9.17) is 0 Å². The minimum atomic E-state index is 0.596. The van der Waals surface area contributed by atoms with Crippen molar-refractivity contribution < 1.29 is 0 Å².